The minimum absolute atomic E-state index is 0.0248. The Morgan fingerprint density at radius 3 is 2.84 bits per heavy atom. The molecule has 6 nitrogen and oxygen atoms in total. The first-order valence-corrected chi connectivity index (χ1v) is 6.36. The van der Waals surface area contributed by atoms with Gasteiger partial charge in [0.1, 0.15) is 0 Å². The van der Waals surface area contributed by atoms with Crippen molar-refractivity contribution in [1.82, 2.24) is 9.97 Å². The first kappa shape index (κ1) is 13.7. The highest BCUT2D eigenvalue weighted by molar-refractivity contribution is 5.85. The average molecular weight is 265 g/mol. The molecule has 1 aromatic rings. The normalized spacial score (nSPS) is 16.1. The molecule has 0 amide bonds. The van der Waals surface area contributed by atoms with Crippen LogP contribution >= 0.6 is 0 Å². The number of hydrogen-bond acceptors (Lipinski definition) is 5. The molecular formula is C13H19N3O3. The number of aromatic carboxylic acids is 1. The summed E-state index contributed by atoms with van der Waals surface area (Å²) < 4.78 is 5.10. The number of nitrogens with one attached hydrogen (secondary N) is 1. The number of aryl methyl sites for hydroxylation is 1. The Hall–Kier alpha value is -1.69. The van der Waals surface area contributed by atoms with Gasteiger partial charge >= 0.3 is 5.97 Å². The van der Waals surface area contributed by atoms with Crippen molar-refractivity contribution in [2.45, 2.75) is 26.2 Å². The standard InChI is InChI=1S/C13H19N3O3/c1-9-7-10(11(17)18)16-12(15-9)14-8-13(3-4-13)5-6-19-2/h7H,3-6,8H2,1-2H3,(H,17,18)(H,14,15,16). The van der Waals surface area contributed by atoms with Gasteiger partial charge in [-0.3, -0.25) is 0 Å². The van der Waals surface area contributed by atoms with E-state index in [9.17, 15) is 4.79 Å². The third kappa shape index (κ3) is 3.64. The van der Waals surface area contributed by atoms with E-state index in [1.807, 2.05) is 0 Å². The molecule has 104 valence electrons. The van der Waals surface area contributed by atoms with Crippen molar-refractivity contribution in [3.8, 4) is 0 Å². The molecule has 0 atom stereocenters. The maximum Gasteiger partial charge on any atom is 0.354 e. The largest absolute Gasteiger partial charge is 0.477 e. The predicted molar refractivity (Wildman–Crippen MR) is 70.4 cm³/mol. The summed E-state index contributed by atoms with van der Waals surface area (Å²) in [6.07, 6.45) is 3.34. The molecule has 1 aromatic heterocycles. The van der Waals surface area contributed by atoms with Crippen LogP contribution < -0.4 is 5.32 Å². The van der Waals surface area contributed by atoms with Crippen LogP contribution in [0, 0.1) is 12.3 Å². The molecule has 2 rings (SSSR count). The molecule has 0 aliphatic heterocycles. The fourth-order valence-electron chi connectivity index (χ4n) is 2.03. The number of carboxylic acids is 1. The van der Waals surface area contributed by atoms with Gasteiger partial charge in [-0.15, -0.1) is 0 Å². The van der Waals surface area contributed by atoms with Gasteiger partial charge in [-0.1, -0.05) is 0 Å². The van der Waals surface area contributed by atoms with Crippen molar-refractivity contribution in [3.05, 3.63) is 17.5 Å². The fourth-order valence-corrected chi connectivity index (χ4v) is 2.03. The van der Waals surface area contributed by atoms with E-state index in [-0.39, 0.29) is 11.1 Å². The third-order valence-corrected chi connectivity index (χ3v) is 3.49. The molecule has 1 fully saturated rings. The summed E-state index contributed by atoms with van der Waals surface area (Å²) in [5.41, 5.74) is 0.945. The molecule has 6 heteroatoms. The van der Waals surface area contributed by atoms with Crippen LogP contribution in [0.2, 0.25) is 0 Å². The number of carboxylic acid groups (broad SMARTS) is 1. The van der Waals surface area contributed by atoms with Crippen molar-refractivity contribution >= 4 is 11.9 Å². The lowest BCUT2D eigenvalue weighted by Gasteiger charge is -2.15. The SMILES string of the molecule is COCCC1(CNc2nc(C)cc(C(=O)O)n2)CC1. The summed E-state index contributed by atoms with van der Waals surface area (Å²) in [5.74, 6) is -0.643. The highest BCUT2D eigenvalue weighted by atomic mass is 16.5. The molecule has 1 heterocycles. The number of hydrogen-bond donors (Lipinski definition) is 2. The predicted octanol–water partition coefficient (Wildman–Crippen LogP) is 1.71. The molecular weight excluding hydrogens is 246 g/mol. The lowest BCUT2D eigenvalue weighted by molar-refractivity contribution is 0.0690. The highest BCUT2D eigenvalue weighted by Crippen LogP contribution is 2.48. The summed E-state index contributed by atoms with van der Waals surface area (Å²) in [6.45, 7) is 3.27. The van der Waals surface area contributed by atoms with Crippen LogP contribution in [-0.2, 0) is 4.74 Å². The van der Waals surface area contributed by atoms with E-state index in [0.717, 1.165) is 19.6 Å². The monoisotopic (exact) mass is 265 g/mol. The maximum atomic E-state index is 10.9. The van der Waals surface area contributed by atoms with Gasteiger partial charge < -0.3 is 15.2 Å². The Bertz CT molecular complexity index is 472. The highest BCUT2D eigenvalue weighted by Gasteiger charge is 2.41. The molecule has 0 aromatic carbocycles. The summed E-state index contributed by atoms with van der Waals surface area (Å²) in [5, 5.41) is 12.1. The minimum Gasteiger partial charge on any atom is -0.477 e. The molecule has 0 bridgehead atoms. The first-order chi connectivity index (χ1) is 9.04. The second-order valence-corrected chi connectivity index (χ2v) is 5.12. The van der Waals surface area contributed by atoms with Crippen molar-refractivity contribution < 1.29 is 14.6 Å². The van der Waals surface area contributed by atoms with E-state index in [2.05, 4.69) is 15.3 Å². The first-order valence-electron chi connectivity index (χ1n) is 6.36. The number of nitrogens with zero attached hydrogens (tertiary/aromatic N) is 2. The van der Waals surface area contributed by atoms with Gasteiger partial charge in [-0.25, -0.2) is 14.8 Å². The van der Waals surface area contributed by atoms with Gasteiger partial charge in [0.05, 0.1) is 0 Å². The van der Waals surface area contributed by atoms with E-state index in [1.54, 1.807) is 14.0 Å². The van der Waals surface area contributed by atoms with Crippen LogP contribution in [0.5, 0.6) is 0 Å². The smallest absolute Gasteiger partial charge is 0.354 e. The lowest BCUT2D eigenvalue weighted by Crippen LogP contribution is -2.19. The average Bonchev–Trinajstić information content (AvgIpc) is 3.14. The zero-order chi connectivity index (χ0) is 13.9. The van der Waals surface area contributed by atoms with Crippen LogP contribution in [0.15, 0.2) is 6.07 Å². The van der Waals surface area contributed by atoms with Gasteiger partial charge in [0.25, 0.3) is 0 Å². The molecule has 19 heavy (non-hydrogen) atoms. The van der Waals surface area contributed by atoms with Gasteiger partial charge in [-0.2, -0.15) is 0 Å². The Balaban J connectivity index is 1.98. The number of carbonyl (C=O) groups is 1. The van der Waals surface area contributed by atoms with E-state index in [1.165, 1.54) is 18.9 Å². The molecule has 1 aliphatic rings. The molecule has 0 spiro atoms. The molecule has 0 radical (unpaired) electrons. The Labute approximate surface area is 112 Å². The molecule has 2 N–H and O–H groups in total. The van der Waals surface area contributed by atoms with Crippen molar-refractivity contribution in [1.29, 1.82) is 0 Å². The van der Waals surface area contributed by atoms with E-state index in [4.69, 9.17) is 9.84 Å². The fraction of sp³-hybridized carbons (Fsp3) is 0.615. The van der Waals surface area contributed by atoms with Crippen LogP contribution in [0.4, 0.5) is 5.95 Å². The Morgan fingerprint density at radius 1 is 1.53 bits per heavy atom. The minimum atomic E-state index is -1.03. The number of anilines is 1. The summed E-state index contributed by atoms with van der Waals surface area (Å²) in [7, 11) is 1.70. The quantitative estimate of drug-likeness (QED) is 0.780. The molecule has 1 aliphatic carbocycles. The van der Waals surface area contributed by atoms with E-state index in [0.29, 0.717) is 11.6 Å². The molecule has 0 unspecified atom stereocenters. The zero-order valence-electron chi connectivity index (χ0n) is 11.3. The van der Waals surface area contributed by atoms with Gasteiger partial charge in [0, 0.05) is 26.0 Å². The second kappa shape index (κ2) is 5.52. The molecule has 1 saturated carbocycles. The van der Waals surface area contributed by atoms with Crippen molar-refractivity contribution in [2.75, 3.05) is 25.6 Å². The van der Waals surface area contributed by atoms with Gasteiger partial charge in [-0.05, 0) is 37.7 Å². The van der Waals surface area contributed by atoms with Gasteiger partial charge in [0.2, 0.25) is 5.95 Å². The topological polar surface area (TPSA) is 84.3 Å². The number of methoxy groups -OCH3 is 1. The summed E-state index contributed by atoms with van der Waals surface area (Å²) in [4.78, 5) is 19.1. The zero-order valence-corrected chi connectivity index (χ0v) is 11.3. The summed E-state index contributed by atoms with van der Waals surface area (Å²) >= 11 is 0. The number of rotatable bonds is 7. The summed E-state index contributed by atoms with van der Waals surface area (Å²) in [6, 6.07) is 1.46. The molecule has 0 saturated heterocycles. The lowest BCUT2D eigenvalue weighted by atomic mass is 10.0. The Morgan fingerprint density at radius 2 is 2.26 bits per heavy atom. The van der Waals surface area contributed by atoms with Crippen molar-refractivity contribution in [2.24, 2.45) is 5.41 Å². The number of aromatic nitrogens is 2. The number of ether oxygens (including phenoxy) is 1. The van der Waals surface area contributed by atoms with Crippen LogP contribution in [-0.4, -0.2) is 41.3 Å². The van der Waals surface area contributed by atoms with Crippen molar-refractivity contribution in [3.63, 3.8) is 0 Å². The van der Waals surface area contributed by atoms with Crippen LogP contribution in [0.3, 0.4) is 0 Å². The Kier molecular flexibility index (Phi) is 3.99. The maximum absolute atomic E-state index is 10.9. The van der Waals surface area contributed by atoms with E-state index < -0.39 is 5.97 Å². The second-order valence-electron chi connectivity index (χ2n) is 5.12. The third-order valence-electron chi connectivity index (χ3n) is 3.49. The van der Waals surface area contributed by atoms with Crippen LogP contribution in [0.1, 0.15) is 35.4 Å². The van der Waals surface area contributed by atoms with Crippen LogP contribution in [0.25, 0.3) is 0 Å². The van der Waals surface area contributed by atoms with Gasteiger partial charge in [0.15, 0.2) is 5.69 Å². The van der Waals surface area contributed by atoms with E-state index >= 15 is 0 Å².